The van der Waals surface area contributed by atoms with Crippen molar-refractivity contribution < 1.29 is 14.6 Å². The van der Waals surface area contributed by atoms with Crippen LogP contribution in [0.2, 0.25) is 0 Å². The SMILES string of the molecule is CO[C@H]1CC[C@@H](Nc2ncc3c(n2)CN(C(=O)N[C@H](CO)c2ccccc2)C3(C)C)CC1. The number of nitrogens with one attached hydrogen (secondary N) is 2. The lowest BCUT2D eigenvalue weighted by atomic mass is 9.93. The Kier molecular flexibility index (Phi) is 6.62. The minimum atomic E-state index is -0.550. The van der Waals surface area contributed by atoms with Crippen LogP contribution in [0.4, 0.5) is 10.7 Å². The van der Waals surface area contributed by atoms with E-state index in [0.29, 0.717) is 24.6 Å². The Hall–Kier alpha value is -2.71. The van der Waals surface area contributed by atoms with Gasteiger partial charge in [0, 0.05) is 24.9 Å². The summed E-state index contributed by atoms with van der Waals surface area (Å²) in [4.78, 5) is 24.2. The summed E-state index contributed by atoms with van der Waals surface area (Å²) in [6.07, 6.45) is 6.31. The molecule has 1 aliphatic heterocycles. The van der Waals surface area contributed by atoms with Crippen molar-refractivity contribution in [2.24, 2.45) is 0 Å². The summed E-state index contributed by atoms with van der Waals surface area (Å²) in [5.74, 6) is 0.611. The summed E-state index contributed by atoms with van der Waals surface area (Å²) in [5, 5.41) is 16.3. The zero-order valence-electron chi connectivity index (χ0n) is 19.0. The number of anilines is 1. The van der Waals surface area contributed by atoms with E-state index in [4.69, 9.17) is 9.72 Å². The van der Waals surface area contributed by atoms with Crippen LogP contribution >= 0.6 is 0 Å². The number of aromatic nitrogens is 2. The fourth-order valence-electron chi connectivity index (χ4n) is 4.71. The van der Waals surface area contributed by atoms with Crippen molar-refractivity contribution in [1.29, 1.82) is 0 Å². The molecule has 8 heteroatoms. The maximum absolute atomic E-state index is 13.2. The third kappa shape index (κ3) is 4.56. The Bertz CT molecular complexity index is 928. The molecular weight excluding hydrogens is 406 g/mol. The van der Waals surface area contributed by atoms with E-state index >= 15 is 0 Å². The van der Waals surface area contributed by atoms with Gasteiger partial charge in [0.05, 0.1) is 36.5 Å². The second kappa shape index (κ2) is 9.42. The highest BCUT2D eigenvalue weighted by atomic mass is 16.5. The lowest BCUT2D eigenvalue weighted by Crippen LogP contribution is -2.47. The quantitative estimate of drug-likeness (QED) is 0.638. The topological polar surface area (TPSA) is 99.6 Å². The smallest absolute Gasteiger partial charge is 0.319 e. The maximum atomic E-state index is 13.2. The molecular formula is C24H33N5O3. The average molecular weight is 440 g/mol. The zero-order valence-corrected chi connectivity index (χ0v) is 19.0. The van der Waals surface area contributed by atoms with Crippen LogP contribution in [0.5, 0.6) is 0 Å². The molecule has 0 unspecified atom stereocenters. The molecule has 1 aromatic heterocycles. The number of aliphatic hydroxyl groups is 1. The number of benzene rings is 1. The maximum Gasteiger partial charge on any atom is 0.319 e. The number of ether oxygens (including phenoxy) is 1. The average Bonchev–Trinajstić information content (AvgIpc) is 3.08. The van der Waals surface area contributed by atoms with Crippen molar-refractivity contribution in [2.75, 3.05) is 19.0 Å². The van der Waals surface area contributed by atoms with E-state index in [2.05, 4.69) is 15.6 Å². The molecule has 2 heterocycles. The molecule has 4 rings (SSSR count). The van der Waals surface area contributed by atoms with Crippen molar-refractivity contribution in [3.8, 4) is 0 Å². The van der Waals surface area contributed by atoms with Crippen molar-refractivity contribution in [1.82, 2.24) is 20.2 Å². The molecule has 1 saturated carbocycles. The molecule has 32 heavy (non-hydrogen) atoms. The molecule has 3 N–H and O–H groups in total. The summed E-state index contributed by atoms with van der Waals surface area (Å²) < 4.78 is 5.45. The molecule has 1 aromatic carbocycles. The number of hydrogen-bond donors (Lipinski definition) is 3. The van der Waals surface area contributed by atoms with Crippen LogP contribution in [-0.4, -0.2) is 51.9 Å². The Morgan fingerprint density at radius 3 is 2.62 bits per heavy atom. The number of rotatable bonds is 6. The van der Waals surface area contributed by atoms with Gasteiger partial charge in [-0.15, -0.1) is 0 Å². The number of carbonyl (C=O) groups excluding carboxylic acids is 1. The van der Waals surface area contributed by atoms with Gasteiger partial charge in [-0.2, -0.15) is 0 Å². The second-order valence-electron chi connectivity index (χ2n) is 9.15. The molecule has 0 spiro atoms. The fraction of sp³-hybridized carbons (Fsp3) is 0.542. The number of urea groups is 1. The van der Waals surface area contributed by atoms with Gasteiger partial charge in [-0.1, -0.05) is 30.3 Å². The Morgan fingerprint density at radius 2 is 1.97 bits per heavy atom. The van der Waals surface area contributed by atoms with E-state index in [1.807, 2.05) is 50.4 Å². The van der Waals surface area contributed by atoms with Gasteiger partial charge in [-0.05, 0) is 45.1 Å². The summed E-state index contributed by atoms with van der Waals surface area (Å²) in [5.41, 5.74) is 2.12. The number of hydrogen-bond acceptors (Lipinski definition) is 6. The van der Waals surface area contributed by atoms with E-state index in [9.17, 15) is 9.90 Å². The van der Waals surface area contributed by atoms with Gasteiger partial charge in [0.2, 0.25) is 5.95 Å². The van der Waals surface area contributed by atoms with Gasteiger partial charge in [-0.3, -0.25) is 0 Å². The fourth-order valence-corrected chi connectivity index (χ4v) is 4.71. The number of methoxy groups -OCH3 is 1. The first-order chi connectivity index (χ1) is 15.4. The van der Waals surface area contributed by atoms with Crippen LogP contribution in [-0.2, 0) is 16.8 Å². The van der Waals surface area contributed by atoms with Gasteiger partial charge in [0.25, 0.3) is 0 Å². The first-order valence-electron chi connectivity index (χ1n) is 11.3. The van der Waals surface area contributed by atoms with Crippen molar-refractivity contribution in [3.05, 3.63) is 53.3 Å². The van der Waals surface area contributed by atoms with Crippen LogP contribution in [0.3, 0.4) is 0 Å². The molecule has 1 aliphatic carbocycles. The molecule has 1 atom stereocenters. The molecule has 0 bridgehead atoms. The molecule has 8 nitrogen and oxygen atoms in total. The number of amides is 2. The molecule has 172 valence electrons. The lowest BCUT2D eigenvalue weighted by molar-refractivity contribution is 0.0681. The van der Waals surface area contributed by atoms with Crippen LogP contribution in [0.1, 0.15) is 62.4 Å². The molecule has 2 aromatic rings. The van der Waals surface area contributed by atoms with Gasteiger partial charge in [0.15, 0.2) is 0 Å². The third-order valence-corrected chi connectivity index (χ3v) is 6.78. The monoisotopic (exact) mass is 439 g/mol. The van der Waals surface area contributed by atoms with Crippen LogP contribution in [0, 0.1) is 0 Å². The minimum Gasteiger partial charge on any atom is -0.394 e. The number of carbonyl (C=O) groups is 1. The van der Waals surface area contributed by atoms with E-state index in [1.165, 1.54) is 0 Å². The lowest BCUT2D eigenvalue weighted by Gasteiger charge is -2.33. The van der Waals surface area contributed by atoms with E-state index in [-0.39, 0.29) is 12.6 Å². The predicted octanol–water partition coefficient (Wildman–Crippen LogP) is 3.34. The zero-order chi connectivity index (χ0) is 22.7. The highest BCUT2D eigenvalue weighted by Crippen LogP contribution is 2.38. The molecule has 0 saturated heterocycles. The number of fused-ring (bicyclic) bond motifs is 1. The van der Waals surface area contributed by atoms with Crippen LogP contribution in [0.25, 0.3) is 0 Å². The standard InChI is InChI=1S/C24H33N5O3/c1-24(2)19-13-25-22(26-17-9-11-18(32-3)12-10-17)27-20(19)14-29(24)23(31)28-21(15-30)16-7-5-4-6-8-16/h4-8,13,17-18,21,30H,9-12,14-15H2,1-3H3,(H,28,31)(H,25,26,27)/t17-,18+,21-/m1/s1. The van der Waals surface area contributed by atoms with Gasteiger partial charge >= 0.3 is 6.03 Å². The Labute approximate surface area is 189 Å². The number of aliphatic hydroxyl groups excluding tert-OH is 1. The summed E-state index contributed by atoms with van der Waals surface area (Å²) in [7, 11) is 1.77. The van der Waals surface area contributed by atoms with Crippen molar-refractivity contribution in [2.45, 2.75) is 69.8 Å². The third-order valence-electron chi connectivity index (χ3n) is 6.78. The van der Waals surface area contributed by atoms with Gasteiger partial charge in [0.1, 0.15) is 0 Å². The van der Waals surface area contributed by atoms with Crippen LogP contribution in [0.15, 0.2) is 36.5 Å². The Morgan fingerprint density at radius 1 is 1.25 bits per heavy atom. The molecule has 0 radical (unpaired) electrons. The van der Waals surface area contributed by atoms with Crippen LogP contribution < -0.4 is 10.6 Å². The highest BCUT2D eigenvalue weighted by molar-refractivity contribution is 5.77. The minimum absolute atomic E-state index is 0.170. The second-order valence-corrected chi connectivity index (χ2v) is 9.15. The molecule has 2 amide bonds. The first-order valence-corrected chi connectivity index (χ1v) is 11.3. The van der Waals surface area contributed by atoms with Crippen molar-refractivity contribution >= 4 is 12.0 Å². The predicted molar refractivity (Wildman–Crippen MR) is 122 cm³/mol. The van der Waals surface area contributed by atoms with E-state index in [1.54, 1.807) is 12.0 Å². The normalized spacial score (nSPS) is 22.8. The van der Waals surface area contributed by atoms with Gasteiger partial charge < -0.3 is 25.4 Å². The summed E-state index contributed by atoms with van der Waals surface area (Å²) in [6.45, 7) is 4.22. The van der Waals surface area contributed by atoms with E-state index < -0.39 is 11.6 Å². The molecule has 2 aliphatic rings. The largest absolute Gasteiger partial charge is 0.394 e. The van der Waals surface area contributed by atoms with E-state index in [0.717, 1.165) is 42.5 Å². The first kappa shape index (κ1) is 22.5. The van der Waals surface area contributed by atoms with Gasteiger partial charge in [-0.25, -0.2) is 14.8 Å². The van der Waals surface area contributed by atoms with Crippen molar-refractivity contribution in [3.63, 3.8) is 0 Å². The summed E-state index contributed by atoms with van der Waals surface area (Å²) >= 11 is 0. The Balaban J connectivity index is 1.44. The number of nitrogens with zero attached hydrogens (tertiary/aromatic N) is 3. The summed E-state index contributed by atoms with van der Waals surface area (Å²) in [6, 6.07) is 9.13. The molecule has 1 fully saturated rings. The highest BCUT2D eigenvalue weighted by Gasteiger charge is 2.42.